The summed E-state index contributed by atoms with van der Waals surface area (Å²) in [5.74, 6) is 0.610. The van der Waals surface area contributed by atoms with E-state index in [0.717, 1.165) is 11.3 Å². The van der Waals surface area contributed by atoms with Gasteiger partial charge in [0.05, 0.1) is 25.2 Å². The number of rotatable bonds is 5. The molecule has 0 spiro atoms. The predicted octanol–water partition coefficient (Wildman–Crippen LogP) is 1.55. The molecule has 0 saturated carbocycles. The molecule has 0 amide bonds. The highest BCUT2D eigenvalue weighted by Crippen LogP contribution is 2.26. The summed E-state index contributed by atoms with van der Waals surface area (Å²) in [6, 6.07) is 0. The van der Waals surface area contributed by atoms with Crippen molar-refractivity contribution in [1.29, 1.82) is 0 Å². The Hall–Kier alpha value is -1.39. The molecule has 0 radical (unpaired) electrons. The maximum absolute atomic E-state index is 9.15. The monoisotopic (exact) mass is 209 g/mol. The minimum atomic E-state index is -0.0839. The van der Waals surface area contributed by atoms with Crippen molar-refractivity contribution in [3.63, 3.8) is 0 Å². The summed E-state index contributed by atoms with van der Waals surface area (Å²) in [5.41, 5.74) is 2.27. The SMILES string of the molecule is C=COc1c(C)ncc(CO)c1COC. The second kappa shape index (κ2) is 5.48. The van der Waals surface area contributed by atoms with Crippen molar-refractivity contribution in [3.8, 4) is 5.75 Å². The van der Waals surface area contributed by atoms with Gasteiger partial charge in [0.15, 0.2) is 5.75 Å². The molecule has 0 saturated heterocycles. The summed E-state index contributed by atoms with van der Waals surface area (Å²) in [5, 5.41) is 9.15. The molecule has 0 fully saturated rings. The van der Waals surface area contributed by atoms with Crippen LogP contribution in [0, 0.1) is 6.92 Å². The first-order valence-electron chi connectivity index (χ1n) is 4.59. The lowest BCUT2D eigenvalue weighted by Gasteiger charge is -2.13. The molecule has 0 atom stereocenters. The van der Waals surface area contributed by atoms with E-state index in [1.165, 1.54) is 6.26 Å². The normalized spacial score (nSPS) is 10.1. The van der Waals surface area contributed by atoms with Gasteiger partial charge < -0.3 is 14.6 Å². The van der Waals surface area contributed by atoms with E-state index in [0.29, 0.717) is 17.9 Å². The summed E-state index contributed by atoms with van der Waals surface area (Å²) in [7, 11) is 1.59. The van der Waals surface area contributed by atoms with Gasteiger partial charge in [-0.2, -0.15) is 0 Å². The summed E-state index contributed by atoms with van der Waals surface area (Å²) >= 11 is 0. The number of methoxy groups -OCH3 is 1. The van der Waals surface area contributed by atoms with Crippen LogP contribution in [-0.2, 0) is 18.0 Å². The zero-order valence-electron chi connectivity index (χ0n) is 8.99. The Morgan fingerprint density at radius 2 is 2.33 bits per heavy atom. The number of aliphatic hydroxyl groups excluding tert-OH is 1. The molecule has 1 N–H and O–H groups in total. The van der Waals surface area contributed by atoms with Gasteiger partial charge >= 0.3 is 0 Å². The minimum Gasteiger partial charge on any atom is -0.463 e. The predicted molar refractivity (Wildman–Crippen MR) is 56.4 cm³/mol. The lowest BCUT2D eigenvalue weighted by Crippen LogP contribution is -2.03. The molecule has 1 aromatic rings. The Kier molecular flexibility index (Phi) is 4.27. The molecule has 4 nitrogen and oxygen atoms in total. The maximum atomic E-state index is 9.15. The van der Waals surface area contributed by atoms with Gasteiger partial charge in [-0.1, -0.05) is 6.58 Å². The van der Waals surface area contributed by atoms with E-state index in [9.17, 15) is 0 Å². The molecule has 1 aromatic heterocycles. The van der Waals surface area contributed by atoms with E-state index in [1.54, 1.807) is 13.3 Å². The fourth-order valence-electron chi connectivity index (χ4n) is 1.35. The lowest BCUT2D eigenvalue weighted by molar-refractivity contribution is 0.178. The van der Waals surface area contributed by atoms with Gasteiger partial charge in [0, 0.05) is 24.4 Å². The van der Waals surface area contributed by atoms with Gasteiger partial charge in [0.25, 0.3) is 0 Å². The Balaban J connectivity index is 3.22. The Bertz CT molecular complexity index is 350. The van der Waals surface area contributed by atoms with Crippen LogP contribution in [-0.4, -0.2) is 17.2 Å². The van der Waals surface area contributed by atoms with Crippen molar-refractivity contribution in [1.82, 2.24) is 4.98 Å². The lowest BCUT2D eigenvalue weighted by atomic mass is 10.1. The summed E-state index contributed by atoms with van der Waals surface area (Å²) in [4.78, 5) is 4.12. The van der Waals surface area contributed by atoms with Gasteiger partial charge in [-0.3, -0.25) is 4.98 Å². The zero-order chi connectivity index (χ0) is 11.3. The van der Waals surface area contributed by atoms with E-state index in [1.807, 2.05) is 6.92 Å². The first-order chi connectivity index (χ1) is 7.24. The number of nitrogens with zero attached hydrogens (tertiary/aromatic N) is 1. The molecule has 82 valence electrons. The first-order valence-corrected chi connectivity index (χ1v) is 4.59. The molecule has 4 heteroatoms. The molecule has 0 aromatic carbocycles. The van der Waals surface area contributed by atoms with Crippen LogP contribution in [0.15, 0.2) is 19.0 Å². The third kappa shape index (κ3) is 2.55. The number of aryl methyl sites for hydroxylation is 1. The molecule has 0 aliphatic carbocycles. The number of hydrogen-bond acceptors (Lipinski definition) is 4. The van der Waals surface area contributed by atoms with Gasteiger partial charge in [0.2, 0.25) is 0 Å². The van der Waals surface area contributed by atoms with Crippen LogP contribution < -0.4 is 4.74 Å². The summed E-state index contributed by atoms with van der Waals surface area (Å²) in [6.45, 7) is 5.63. The Morgan fingerprint density at radius 1 is 1.60 bits per heavy atom. The Labute approximate surface area is 89.2 Å². The number of ether oxygens (including phenoxy) is 2. The van der Waals surface area contributed by atoms with Gasteiger partial charge in [-0.05, 0) is 6.92 Å². The van der Waals surface area contributed by atoms with Crippen LogP contribution in [0.25, 0.3) is 0 Å². The number of pyridine rings is 1. The van der Waals surface area contributed by atoms with Crippen LogP contribution in [0.1, 0.15) is 16.8 Å². The van der Waals surface area contributed by atoms with Crippen LogP contribution >= 0.6 is 0 Å². The van der Waals surface area contributed by atoms with Crippen LogP contribution in [0.2, 0.25) is 0 Å². The largest absolute Gasteiger partial charge is 0.463 e. The van der Waals surface area contributed by atoms with Gasteiger partial charge in [0.1, 0.15) is 0 Å². The first kappa shape index (κ1) is 11.7. The van der Waals surface area contributed by atoms with Crippen LogP contribution in [0.4, 0.5) is 0 Å². The van der Waals surface area contributed by atoms with E-state index >= 15 is 0 Å². The molecular formula is C11H15NO3. The van der Waals surface area contributed by atoms with E-state index in [-0.39, 0.29) is 6.61 Å². The third-order valence-corrected chi connectivity index (χ3v) is 2.06. The maximum Gasteiger partial charge on any atom is 0.153 e. The summed E-state index contributed by atoms with van der Waals surface area (Å²) in [6.07, 6.45) is 2.96. The van der Waals surface area contributed by atoms with E-state index in [2.05, 4.69) is 11.6 Å². The van der Waals surface area contributed by atoms with Crippen molar-refractivity contribution in [2.75, 3.05) is 7.11 Å². The zero-order valence-corrected chi connectivity index (χ0v) is 8.99. The van der Waals surface area contributed by atoms with Crippen molar-refractivity contribution < 1.29 is 14.6 Å². The fourth-order valence-corrected chi connectivity index (χ4v) is 1.35. The van der Waals surface area contributed by atoms with Crippen molar-refractivity contribution in [2.45, 2.75) is 20.1 Å². The fraction of sp³-hybridized carbons (Fsp3) is 0.364. The molecule has 1 heterocycles. The van der Waals surface area contributed by atoms with Crippen LogP contribution in [0.5, 0.6) is 5.75 Å². The number of hydrogen-bond donors (Lipinski definition) is 1. The third-order valence-electron chi connectivity index (χ3n) is 2.06. The average Bonchev–Trinajstić information content (AvgIpc) is 2.24. The minimum absolute atomic E-state index is 0.0839. The molecule has 0 unspecified atom stereocenters. The summed E-state index contributed by atoms with van der Waals surface area (Å²) < 4.78 is 10.3. The smallest absolute Gasteiger partial charge is 0.153 e. The average molecular weight is 209 g/mol. The second-order valence-electron chi connectivity index (χ2n) is 3.05. The quantitative estimate of drug-likeness (QED) is 0.747. The van der Waals surface area contributed by atoms with E-state index in [4.69, 9.17) is 14.6 Å². The van der Waals surface area contributed by atoms with Crippen molar-refractivity contribution in [2.24, 2.45) is 0 Å². The van der Waals surface area contributed by atoms with Gasteiger partial charge in [-0.25, -0.2) is 0 Å². The van der Waals surface area contributed by atoms with Crippen molar-refractivity contribution in [3.05, 3.63) is 35.9 Å². The molecule has 1 rings (SSSR count). The highest BCUT2D eigenvalue weighted by atomic mass is 16.5. The highest BCUT2D eigenvalue weighted by Gasteiger charge is 2.12. The Morgan fingerprint density at radius 3 is 2.87 bits per heavy atom. The van der Waals surface area contributed by atoms with E-state index < -0.39 is 0 Å². The number of aliphatic hydroxyl groups is 1. The molecule has 15 heavy (non-hydrogen) atoms. The molecule has 0 aliphatic rings. The van der Waals surface area contributed by atoms with Gasteiger partial charge in [-0.15, -0.1) is 0 Å². The topological polar surface area (TPSA) is 51.6 Å². The standard InChI is InChI=1S/C11H15NO3/c1-4-15-11-8(2)12-5-9(6-13)10(11)7-14-3/h4-5,13H,1,6-7H2,2-3H3. The highest BCUT2D eigenvalue weighted by molar-refractivity contribution is 5.41. The molecular weight excluding hydrogens is 194 g/mol. The molecule has 0 bridgehead atoms. The van der Waals surface area contributed by atoms with Crippen molar-refractivity contribution >= 4 is 0 Å². The van der Waals surface area contributed by atoms with Crippen LogP contribution in [0.3, 0.4) is 0 Å². The number of aromatic nitrogens is 1. The second-order valence-corrected chi connectivity index (χ2v) is 3.05. The molecule has 0 aliphatic heterocycles.